The Balaban J connectivity index is 1.97. The van der Waals surface area contributed by atoms with Gasteiger partial charge in [-0.3, -0.25) is 0 Å². The lowest BCUT2D eigenvalue weighted by Crippen LogP contribution is -2.64. The maximum atomic E-state index is 9.28. The third kappa shape index (κ3) is 1.28. The van der Waals surface area contributed by atoms with Gasteiger partial charge in [-0.05, 0) is 38.0 Å². The van der Waals surface area contributed by atoms with Crippen molar-refractivity contribution < 1.29 is 21.4 Å². The van der Waals surface area contributed by atoms with Crippen LogP contribution in [0.1, 0.15) is 24.4 Å². The number of likely N-dealkylation sites (N-methyl/N-ethyl adjacent to an activating group) is 1. The van der Waals surface area contributed by atoms with Crippen LogP contribution in [0.5, 0.6) is 11.5 Å². The van der Waals surface area contributed by atoms with Crippen LogP contribution in [0.25, 0.3) is 0 Å². The van der Waals surface area contributed by atoms with E-state index in [1.54, 1.807) is 6.08 Å². The molecule has 2 aliphatic heterocycles. The number of piperidine rings is 1. The first kappa shape index (κ1) is 8.37. The first-order valence-corrected chi connectivity index (χ1v) is 7.58. The number of aliphatic hydroxyl groups is 1. The van der Waals surface area contributed by atoms with E-state index >= 15 is 0 Å². The molecule has 0 radical (unpaired) electrons. The van der Waals surface area contributed by atoms with Crippen LogP contribution < -0.4 is 9.47 Å². The molecule has 0 amide bonds. The molecule has 2 aliphatic carbocycles. The van der Waals surface area contributed by atoms with E-state index in [9.17, 15) is 1.37 Å². The fraction of sp³-hybridized carbons (Fsp3) is 0.556. The molecule has 0 saturated carbocycles. The maximum absolute atomic E-state index is 9.28. The molecular weight excluding hydrogens is 278 g/mol. The van der Waals surface area contributed by atoms with Gasteiger partial charge in [0.25, 0.3) is 0 Å². The first-order chi connectivity index (χ1) is 13.2. The minimum Gasteiger partial charge on any atom is -0.493 e. The van der Waals surface area contributed by atoms with Gasteiger partial charge in [-0.25, -0.2) is 0 Å². The monoisotopic (exact) mass is 305 g/mol. The van der Waals surface area contributed by atoms with E-state index in [0.29, 0.717) is 18.5 Å². The molecule has 1 spiro atoms. The maximum Gasteiger partial charge on any atom is 0.211 e. The Labute approximate surface area is 138 Å². The minimum atomic E-state index is -1.92. The molecule has 4 aliphatic rings. The smallest absolute Gasteiger partial charge is 0.211 e. The zero-order valence-electron chi connectivity index (χ0n) is 18.5. The van der Waals surface area contributed by atoms with Gasteiger partial charge in [0.05, 0.1) is 11.2 Å². The second-order valence-electron chi connectivity index (χ2n) is 6.45. The van der Waals surface area contributed by atoms with Crippen molar-refractivity contribution in [1.82, 2.24) is 4.90 Å². The van der Waals surface area contributed by atoms with Gasteiger partial charge in [-0.1, -0.05) is 18.2 Å². The molecule has 116 valence electrons. The first-order valence-electron chi connectivity index (χ1n) is 10.5. The summed E-state index contributed by atoms with van der Waals surface area (Å²) in [5, 5.41) is 4.86. The van der Waals surface area contributed by atoms with Gasteiger partial charge in [0.15, 0.2) is 11.5 Å². The quantitative estimate of drug-likeness (QED) is 0.841. The Bertz CT molecular complexity index is 923. The number of ether oxygens (including phenoxy) is 2. The lowest BCUT2D eigenvalue weighted by Gasteiger charge is -2.56. The molecule has 5 atom stereocenters. The van der Waals surface area contributed by atoms with Gasteiger partial charge in [-0.2, -0.15) is 0 Å². The Morgan fingerprint density at radius 1 is 1.59 bits per heavy atom. The lowest BCUT2D eigenvalue weighted by atomic mass is 9.53. The standard InChI is InChI=1S/C18H21NO3/c1-19-8-7-18-11-4-5-13(20)17(18)22-16-14(21-2)6-3-10(15(16)18)9-12(11)19/h3-6,11-13,17,20H,7-9H2,1-2H3/t11-,12+,13?,17?,18-/m0/s1/i3D,6D,9D2,17D,20D. The molecule has 0 aromatic heterocycles. The van der Waals surface area contributed by atoms with Crippen LogP contribution in [0.3, 0.4) is 0 Å². The second kappa shape index (κ2) is 4.06. The van der Waals surface area contributed by atoms with Crippen LogP contribution >= 0.6 is 0 Å². The molecule has 1 aromatic carbocycles. The molecular formula is C18H21NO3. The van der Waals surface area contributed by atoms with Crippen molar-refractivity contribution in [2.45, 2.75) is 36.4 Å². The SMILES string of the molecule is [2H]OC1C=C[C@H]2[C@@H]3N(C)CC[C@@]24c2c(c(OC)c([2H])c([2H])c2C3([2H])[2H])OC14[2H]. The van der Waals surface area contributed by atoms with Crippen LogP contribution in [0.15, 0.2) is 24.2 Å². The number of hydrogen-bond acceptors (Lipinski definition) is 4. The summed E-state index contributed by atoms with van der Waals surface area (Å²) in [6.07, 6.45) is -0.651. The third-order valence-corrected chi connectivity index (χ3v) is 5.57. The average molecular weight is 305 g/mol. The molecule has 1 aromatic rings. The lowest BCUT2D eigenvalue weighted by molar-refractivity contribution is -0.0453. The van der Waals surface area contributed by atoms with Crippen molar-refractivity contribution in [3.05, 3.63) is 35.4 Å². The van der Waals surface area contributed by atoms with Crippen LogP contribution in [-0.2, 0) is 11.8 Å². The summed E-state index contributed by atoms with van der Waals surface area (Å²) in [7, 11) is 3.22. The number of nitrogens with zero attached hydrogens (tertiary/aromatic N) is 1. The number of benzene rings is 1. The summed E-state index contributed by atoms with van der Waals surface area (Å²) in [5.74, 6) is -0.203. The highest BCUT2D eigenvalue weighted by Crippen LogP contribution is 2.62. The number of methoxy groups -OCH3 is 1. The normalized spacial score (nSPS) is 50.5. The fourth-order valence-corrected chi connectivity index (χ4v) is 4.58. The highest BCUT2D eigenvalue weighted by molar-refractivity contribution is 5.62. The number of likely N-dealkylation sites (tertiary alicyclic amines) is 1. The van der Waals surface area contributed by atoms with E-state index in [0.717, 1.165) is 0 Å². The van der Waals surface area contributed by atoms with Crippen molar-refractivity contribution in [2.24, 2.45) is 5.92 Å². The van der Waals surface area contributed by atoms with Crippen molar-refractivity contribution >= 4 is 0 Å². The Kier molecular flexibility index (Phi) is 1.54. The van der Waals surface area contributed by atoms with E-state index in [-0.39, 0.29) is 35.1 Å². The van der Waals surface area contributed by atoms with Crippen molar-refractivity contribution in [1.29, 1.82) is 1.43 Å². The van der Waals surface area contributed by atoms with Crippen molar-refractivity contribution in [2.75, 3.05) is 20.7 Å². The van der Waals surface area contributed by atoms with Gasteiger partial charge >= 0.3 is 0 Å². The molecule has 5 rings (SSSR count). The highest BCUT2D eigenvalue weighted by Gasteiger charge is 2.64. The largest absolute Gasteiger partial charge is 0.493 e. The van der Waals surface area contributed by atoms with Gasteiger partial charge in [0, 0.05) is 25.7 Å². The van der Waals surface area contributed by atoms with E-state index < -0.39 is 30.0 Å². The van der Waals surface area contributed by atoms with Gasteiger partial charge in [0.2, 0.25) is 1.43 Å². The third-order valence-electron chi connectivity index (χ3n) is 5.57. The Morgan fingerprint density at radius 2 is 2.50 bits per heavy atom. The average Bonchev–Trinajstić information content (AvgIpc) is 2.89. The molecule has 2 bridgehead atoms. The number of aliphatic hydroxyl groups excluding tert-OH is 1. The van der Waals surface area contributed by atoms with Gasteiger partial charge in [0.1, 0.15) is 12.2 Å². The number of hydrogen-bond donors (Lipinski definition) is 1. The molecule has 4 nitrogen and oxygen atoms in total. The van der Waals surface area contributed by atoms with E-state index in [2.05, 4.69) is 0 Å². The summed E-state index contributed by atoms with van der Waals surface area (Å²) >= 11 is 0. The molecule has 1 fully saturated rings. The van der Waals surface area contributed by atoms with Crippen LogP contribution in [0.4, 0.5) is 0 Å². The second-order valence-corrected chi connectivity index (χ2v) is 6.45. The minimum absolute atomic E-state index is 0.0369. The predicted octanol–water partition coefficient (Wildman–Crippen LogP) is 1.50. The van der Waals surface area contributed by atoms with E-state index in [1.807, 2.05) is 18.0 Å². The summed E-state index contributed by atoms with van der Waals surface area (Å²) in [4.78, 5) is 1.93. The zero-order valence-corrected chi connectivity index (χ0v) is 12.5. The van der Waals surface area contributed by atoms with E-state index in [1.165, 1.54) is 7.11 Å². The van der Waals surface area contributed by atoms with Crippen LogP contribution in [0.2, 0.25) is 0 Å². The summed E-state index contributed by atoms with van der Waals surface area (Å²) in [5.41, 5.74) is -0.419. The zero-order chi connectivity index (χ0) is 20.2. The molecule has 22 heavy (non-hydrogen) atoms. The molecule has 1 N–H and O–H groups in total. The highest BCUT2D eigenvalue weighted by atomic mass is 16.5. The van der Waals surface area contributed by atoms with Crippen LogP contribution in [-0.4, -0.2) is 50.4 Å². The summed E-state index contributed by atoms with van der Waals surface area (Å²) < 4.78 is 63.1. The summed E-state index contributed by atoms with van der Waals surface area (Å²) in [6, 6.07) is -1.11. The Hall–Kier alpha value is -1.52. The van der Waals surface area contributed by atoms with Crippen molar-refractivity contribution in [3.8, 4) is 11.5 Å². The number of rotatable bonds is 2. The fourth-order valence-electron chi connectivity index (χ4n) is 4.58. The van der Waals surface area contributed by atoms with Gasteiger partial charge in [-0.15, -0.1) is 0 Å². The van der Waals surface area contributed by atoms with Crippen LogP contribution in [0, 0.1) is 5.92 Å². The van der Waals surface area contributed by atoms with Gasteiger partial charge < -0.3 is 19.5 Å². The molecule has 1 saturated heterocycles. The molecule has 2 heterocycles. The topological polar surface area (TPSA) is 41.9 Å². The summed E-state index contributed by atoms with van der Waals surface area (Å²) in [6.45, 7) is 0.542. The Morgan fingerprint density at radius 3 is 3.32 bits per heavy atom. The molecule has 2 unspecified atom stereocenters. The van der Waals surface area contributed by atoms with E-state index in [4.69, 9.17) is 21.5 Å². The predicted molar refractivity (Wildman–Crippen MR) is 82.5 cm³/mol. The van der Waals surface area contributed by atoms with Crippen molar-refractivity contribution in [3.63, 3.8) is 0 Å². The molecule has 4 heteroatoms.